The molecule has 0 atom stereocenters. The number of aromatic amines is 1. The summed E-state index contributed by atoms with van der Waals surface area (Å²) in [4.78, 5) is 48.2. The lowest BCUT2D eigenvalue weighted by molar-refractivity contribution is 0.0512. The molecule has 4 rings (SSSR count). The molecule has 0 spiro atoms. The second-order valence-corrected chi connectivity index (χ2v) is 6.06. The highest BCUT2D eigenvalue weighted by atomic mass is 35.5. The zero-order valence-corrected chi connectivity index (χ0v) is 16.8. The Morgan fingerprint density at radius 2 is 1.60 bits per heavy atom. The number of hydrogen-bond acceptors (Lipinski definition) is 8. The van der Waals surface area contributed by atoms with Crippen LogP contribution < -0.4 is 5.56 Å². The Kier molecular flexibility index (Phi) is 6.42. The van der Waals surface area contributed by atoms with E-state index in [4.69, 9.17) is 21.1 Å². The van der Waals surface area contributed by atoms with Crippen molar-refractivity contribution in [1.29, 1.82) is 0 Å². The number of carbonyl (C=O) groups is 2. The predicted molar refractivity (Wildman–Crippen MR) is 106 cm³/mol. The van der Waals surface area contributed by atoms with Gasteiger partial charge in [0.2, 0.25) is 0 Å². The van der Waals surface area contributed by atoms with E-state index in [0.29, 0.717) is 23.1 Å². The first kappa shape index (κ1) is 21.0. The number of carbonyl (C=O) groups excluding carboxylic acids is 2. The molecule has 0 unspecified atom stereocenters. The lowest BCUT2D eigenvalue weighted by Gasteiger charge is -1.98. The summed E-state index contributed by atoms with van der Waals surface area (Å²) in [6.45, 7) is 4.02. The van der Waals surface area contributed by atoms with Crippen LogP contribution in [0.4, 0.5) is 0 Å². The molecule has 12 heteroatoms. The number of ether oxygens (including phenoxy) is 2. The van der Waals surface area contributed by atoms with Crippen LogP contribution in [0.2, 0.25) is 5.15 Å². The number of halogens is 1. The normalized spacial score (nSPS) is 10.5. The van der Waals surface area contributed by atoms with Crippen molar-refractivity contribution in [3.63, 3.8) is 0 Å². The highest BCUT2D eigenvalue weighted by Gasteiger charge is 2.16. The molecule has 4 aromatic heterocycles. The van der Waals surface area contributed by atoms with Crippen LogP contribution in [0.5, 0.6) is 0 Å². The van der Waals surface area contributed by atoms with Gasteiger partial charge in [0.05, 0.1) is 13.2 Å². The molecule has 156 valence electrons. The summed E-state index contributed by atoms with van der Waals surface area (Å²) < 4.78 is 12.8. The minimum atomic E-state index is -0.540. The predicted octanol–water partition coefficient (Wildman–Crippen LogP) is 1.76. The standard InChI is InChI=1S/C9H8ClN3O2.C9H9N3O3/c1-2-15-9(14)7-8-12-6(10)3-4-13(8)5-11-7;1-2-15-9(14)7-8-11-6(13)3-4-12(8)5-10-7/h3-5H,2H2,1H3;3-5H,2H2,1H3,(H,11,13). The molecule has 0 amide bonds. The fourth-order valence-corrected chi connectivity index (χ4v) is 2.59. The molecule has 0 fully saturated rings. The van der Waals surface area contributed by atoms with E-state index in [-0.39, 0.29) is 23.6 Å². The number of esters is 2. The van der Waals surface area contributed by atoms with Crippen molar-refractivity contribution >= 4 is 34.8 Å². The molecular formula is C18H17ClN6O5. The Balaban J connectivity index is 0.000000171. The molecule has 4 heterocycles. The van der Waals surface area contributed by atoms with Gasteiger partial charge in [-0.1, -0.05) is 11.6 Å². The summed E-state index contributed by atoms with van der Waals surface area (Å²) >= 11 is 5.72. The SMILES string of the molecule is CCOC(=O)c1ncn2ccc(=O)[nH]c12.CCOC(=O)c1ncn2ccc(Cl)nc12. The quantitative estimate of drug-likeness (QED) is 0.381. The van der Waals surface area contributed by atoms with E-state index in [1.807, 2.05) is 0 Å². The molecule has 30 heavy (non-hydrogen) atoms. The lowest BCUT2D eigenvalue weighted by Crippen LogP contribution is -2.10. The highest BCUT2D eigenvalue weighted by Crippen LogP contribution is 2.12. The second-order valence-electron chi connectivity index (χ2n) is 5.67. The van der Waals surface area contributed by atoms with Gasteiger partial charge < -0.3 is 14.5 Å². The number of nitrogens with one attached hydrogen (secondary N) is 1. The van der Waals surface area contributed by atoms with Gasteiger partial charge in [-0.05, 0) is 19.9 Å². The topological polar surface area (TPSA) is 133 Å². The second kappa shape index (κ2) is 9.18. The van der Waals surface area contributed by atoms with Gasteiger partial charge in [0, 0.05) is 18.5 Å². The Bertz CT molecular complexity index is 1260. The molecular weight excluding hydrogens is 416 g/mol. The molecule has 0 aliphatic rings. The maximum absolute atomic E-state index is 11.4. The van der Waals surface area contributed by atoms with Crippen LogP contribution in [0, 0.1) is 0 Å². The fraction of sp³-hybridized carbons (Fsp3) is 0.222. The van der Waals surface area contributed by atoms with E-state index in [1.165, 1.54) is 24.9 Å². The van der Waals surface area contributed by atoms with E-state index in [1.54, 1.807) is 34.9 Å². The summed E-state index contributed by atoms with van der Waals surface area (Å²) in [7, 11) is 0. The number of rotatable bonds is 4. The minimum absolute atomic E-state index is 0.120. The first-order chi connectivity index (χ1) is 14.4. The van der Waals surface area contributed by atoms with E-state index in [2.05, 4.69) is 19.9 Å². The van der Waals surface area contributed by atoms with Gasteiger partial charge in [-0.25, -0.2) is 24.5 Å². The average Bonchev–Trinajstić information content (AvgIpc) is 3.32. The van der Waals surface area contributed by atoms with E-state index in [9.17, 15) is 14.4 Å². The van der Waals surface area contributed by atoms with Gasteiger partial charge >= 0.3 is 11.9 Å². The van der Waals surface area contributed by atoms with Crippen molar-refractivity contribution in [2.45, 2.75) is 13.8 Å². The fourth-order valence-electron chi connectivity index (χ4n) is 2.45. The first-order valence-electron chi connectivity index (χ1n) is 8.84. The lowest BCUT2D eigenvalue weighted by atomic mass is 10.4. The van der Waals surface area contributed by atoms with Crippen molar-refractivity contribution < 1.29 is 19.1 Å². The number of aromatic nitrogens is 6. The molecule has 0 bridgehead atoms. The zero-order valence-electron chi connectivity index (χ0n) is 16.0. The number of nitrogens with zero attached hydrogens (tertiary/aromatic N) is 5. The van der Waals surface area contributed by atoms with E-state index < -0.39 is 11.9 Å². The first-order valence-corrected chi connectivity index (χ1v) is 9.21. The molecule has 0 saturated carbocycles. The molecule has 1 N–H and O–H groups in total. The number of fused-ring (bicyclic) bond motifs is 2. The molecule has 0 saturated heterocycles. The van der Waals surface area contributed by atoms with Gasteiger partial charge in [0.15, 0.2) is 22.7 Å². The number of hydrogen-bond donors (Lipinski definition) is 1. The summed E-state index contributed by atoms with van der Waals surface area (Å²) in [5.41, 5.74) is 0.768. The molecule has 0 aromatic carbocycles. The summed E-state index contributed by atoms with van der Waals surface area (Å²) in [5, 5.41) is 0.313. The summed E-state index contributed by atoms with van der Waals surface area (Å²) in [6.07, 6.45) is 6.15. The van der Waals surface area contributed by atoms with Gasteiger partial charge in [-0.2, -0.15) is 0 Å². The van der Waals surface area contributed by atoms with Crippen molar-refractivity contribution in [2.75, 3.05) is 13.2 Å². The third-order valence-electron chi connectivity index (χ3n) is 3.71. The highest BCUT2D eigenvalue weighted by molar-refractivity contribution is 6.29. The third-order valence-corrected chi connectivity index (χ3v) is 3.92. The van der Waals surface area contributed by atoms with Gasteiger partial charge in [0.25, 0.3) is 5.56 Å². The average molecular weight is 433 g/mol. The summed E-state index contributed by atoms with van der Waals surface area (Å²) in [6, 6.07) is 2.97. The Labute approximate surface area is 174 Å². The molecule has 0 aliphatic heterocycles. The number of imidazole rings is 2. The largest absolute Gasteiger partial charge is 0.461 e. The Hall–Kier alpha value is -3.73. The van der Waals surface area contributed by atoms with Crippen LogP contribution in [-0.2, 0) is 9.47 Å². The minimum Gasteiger partial charge on any atom is -0.461 e. The Morgan fingerprint density at radius 1 is 1.00 bits per heavy atom. The third kappa shape index (κ3) is 4.46. The van der Waals surface area contributed by atoms with Crippen molar-refractivity contribution in [3.8, 4) is 0 Å². The van der Waals surface area contributed by atoms with Gasteiger partial charge in [-0.15, -0.1) is 0 Å². The van der Waals surface area contributed by atoms with Crippen LogP contribution in [0.3, 0.4) is 0 Å². The smallest absolute Gasteiger partial charge is 0.360 e. The van der Waals surface area contributed by atoms with Gasteiger partial charge in [-0.3, -0.25) is 13.6 Å². The van der Waals surface area contributed by atoms with Crippen LogP contribution >= 0.6 is 11.6 Å². The van der Waals surface area contributed by atoms with Crippen LogP contribution in [0.1, 0.15) is 34.8 Å². The van der Waals surface area contributed by atoms with Crippen LogP contribution in [0.15, 0.2) is 42.0 Å². The molecule has 4 aromatic rings. The molecule has 11 nitrogen and oxygen atoms in total. The molecule has 0 aliphatic carbocycles. The monoisotopic (exact) mass is 432 g/mol. The van der Waals surface area contributed by atoms with Crippen molar-refractivity contribution in [3.05, 3.63) is 64.1 Å². The zero-order chi connectivity index (χ0) is 21.7. The Morgan fingerprint density at radius 3 is 2.30 bits per heavy atom. The van der Waals surface area contributed by atoms with Gasteiger partial charge in [0.1, 0.15) is 17.8 Å². The maximum atomic E-state index is 11.4. The van der Waals surface area contributed by atoms with Crippen molar-refractivity contribution in [1.82, 2.24) is 28.7 Å². The van der Waals surface area contributed by atoms with E-state index in [0.717, 1.165) is 0 Å². The summed E-state index contributed by atoms with van der Waals surface area (Å²) in [5.74, 6) is -1.03. The number of H-pyrrole nitrogens is 1. The molecule has 0 radical (unpaired) electrons. The van der Waals surface area contributed by atoms with Crippen molar-refractivity contribution in [2.24, 2.45) is 0 Å². The maximum Gasteiger partial charge on any atom is 0.360 e. The van der Waals surface area contributed by atoms with Crippen LogP contribution in [0.25, 0.3) is 11.3 Å². The van der Waals surface area contributed by atoms with E-state index >= 15 is 0 Å². The van der Waals surface area contributed by atoms with Crippen LogP contribution in [-0.4, -0.2) is 53.9 Å².